The van der Waals surface area contributed by atoms with Crippen molar-refractivity contribution in [3.63, 3.8) is 0 Å². The van der Waals surface area contributed by atoms with Crippen molar-refractivity contribution in [3.05, 3.63) is 59.7 Å². The van der Waals surface area contributed by atoms with Crippen molar-refractivity contribution < 1.29 is 14.7 Å². The van der Waals surface area contributed by atoms with Gasteiger partial charge in [-0.2, -0.15) is 0 Å². The van der Waals surface area contributed by atoms with Gasteiger partial charge in [0.05, 0.1) is 0 Å². The highest BCUT2D eigenvalue weighted by Crippen LogP contribution is 2.23. The van der Waals surface area contributed by atoms with Crippen LogP contribution in [0, 0.1) is 0 Å². The molecule has 1 amide bonds. The Balaban J connectivity index is 1.81. The van der Waals surface area contributed by atoms with Gasteiger partial charge in [-0.1, -0.05) is 37.3 Å². The molecule has 0 aliphatic carbocycles. The summed E-state index contributed by atoms with van der Waals surface area (Å²) in [5.41, 5.74) is 3.21. The van der Waals surface area contributed by atoms with Crippen molar-refractivity contribution >= 4 is 11.7 Å². The minimum absolute atomic E-state index is 0.0127. The third kappa shape index (κ3) is 4.49. The predicted molar refractivity (Wildman–Crippen MR) is 111 cm³/mol. The van der Waals surface area contributed by atoms with Crippen LogP contribution in [0.15, 0.2) is 48.5 Å². The number of Topliss-reactive ketones (excluding diaryl/α,β-unsaturated/α-hetero) is 1. The lowest BCUT2D eigenvalue weighted by Gasteiger charge is -2.39. The molecule has 0 aromatic heterocycles. The molecule has 0 bridgehead atoms. The topological polar surface area (TPSA) is 60.9 Å². The van der Waals surface area contributed by atoms with Gasteiger partial charge in [0.25, 0.3) is 5.91 Å². The second-order valence-corrected chi connectivity index (χ2v) is 7.34. The van der Waals surface area contributed by atoms with Gasteiger partial charge < -0.3 is 10.0 Å². The number of hydrogen-bond acceptors (Lipinski definition) is 4. The molecular formula is C23H28N2O3. The van der Waals surface area contributed by atoms with Crippen molar-refractivity contribution in [3.8, 4) is 11.1 Å². The van der Waals surface area contributed by atoms with Crippen molar-refractivity contribution in [2.24, 2.45) is 0 Å². The molecule has 1 atom stereocenters. The molecule has 1 aliphatic heterocycles. The molecule has 2 aromatic rings. The Morgan fingerprint density at radius 1 is 1.04 bits per heavy atom. The van der Waals surface area contributed by atoms with Gasteiger partial charge in [0, 0.05) is 49.8 Å². The van der Waals surface area contributed by atoms with Gasteiger partial charge >= 0.3 is 0 Å². The SMILES string of the molecule is CCC(=O)c1cccc(-c2cccc(C(=O)N3CCN(C)[C@@H](CCO)C3)c2)c1. The quantitative estimate of drug-likeness (QED) is 0.783. The molecule has 0 radical (unpaired) electrons. The summed E-state index contributed by atoms with van der Waals surface area (Å²) in [7, 11) is 2.04. The number of rotatable bonds is 6. The Hall–Kier alpha value is -2.50. The summed E-state index contributed by atoms with van der Waals surface area (Å²) in [5, 5.41) is 9.27. The van der Waals surface area contributed by atoms with Gasteiger partial charge in [0.1, 0.15) is 0 Å². The average molecular weight is 380 g/mol. The fourth-order valence-corrected chi connectivity index (χ4v) is 3.68. The van der Waals surface area contributed by atoms with Gasteiger partial charge in [0.15, 0.2) is 5.78 Å². The molecule has 1 aliphatic rings. The number of carbonyl (C=O) groups excluding carboxylic acids is 2. The highest BCUT2D eigenvalue weighted by molar-refractivity contribution is 5.98. The number of benzene rings is 2. The molecule has 28 heavy (non-hydrogen) atoms. The lowest BCUT2D eigenvalue weighted by molar-refractivity contribution is 0.0500. The van der Waals surface area contributed by atoms with E-state index in [1.54, 1.807) is 0 Å². The monoisotopic (exact) mass is 380 g/mol. The molecule has 1 heterocycles. The zero-order chi connectivity index (χ0) is 20.1. The molecule has 2 aromatic carbocycles. The summed E-state index contributed by atoms with van der Waals surface area (Å²) in [6, 6.07) is 15.3. The van der Waals surface area contributed by atoms with Crippen LogP contribution in [0.5, 0.6) is 0 Å². The summed E-state index contributed by atoms with van der Waals surface area (Å²) in [5.74, 6) is 0.125. The third-order valence-corrected chi connectivity index (χ3v) is 5.48. The first-order chi connectivity index (χ1) is 13.5. The smallest absolute Gasteiger partial charge is 0.253 e. The van der Waals surface area contributed by atoms with Crippen molar-refractivity contribution in [2.45, 2.75) is 25.8 Å². The van der Waals surface area contributed by atoms with E-state index in [0.717, 1.165) is 17.7 Å². The zero-order valence-corrected chi connectivity index (χ0v) is 16.6. The molecular weight excluding hydrogens is 352 g/mol. The van der Waals surface area contributed by atoms with Gasteiger partial charge in [-0.25, -0.2) is 0 Å². The first-order valence-corrected chi connectivity index (χ1v) is 9.87. The highest BCUT2D eigenvalue weighted by Gasteiger charge is 2.27. The zero-order valence-electron chi connectivity index (χ0n) is 16.6. The van der Waals surface area contributed by atoms with Crippen LogP contribution in [0.25, 0.3) is 11.1 Å². The number of carbonyl (C=O) groups is 2. The van der Waals surface area contributed by atoms with E-state index >= 15 is 0 Å². The van der Waals surface area contributed by atoms with Crippen LogP contribution in [0.3, 0.4) is 0 Å². The van der Waals surface area contributed by atoms with Crippen molar-refractivity contribution in [2.75, 3.05) is 33.3 Å². The molecule has 5 nitrogen and oxygen atoms in total. The molecule has 0 saturated carbocycles. The molecule has 1 fully saturated rings. The number of amides is 1. The van der Waals surface area contributed by atoms with Crippen LogP contribution in [0.4, 0.5) is 0 Å². The fourth-order valence-electron chi connectivity index (χ4n) is 3.68. The third-order valence-electron chi connectivity index (χ3n) is 5.48. The normalized spacial score (nSPS) is 17.5. The Labute approximate surface area is 166 Å². The summed E-state index contributed by atoms with van der Waals surface area (Å²) < 4.78 is 0. The van der Waals surface area contributed by atoms with E-state index in [1.807, 2.05) is 67.4 Å². The summed E-state index contributed by atoms with van der Waals surface area (Å²) >= 11 is 0. The van der Waals surface area contributed by atoms with Crippen LogP contribution in [0.2, 0.25) is 0 Å². The van der Waals surface area contributed by atoms with Crippen LogP contribution >= 0.6 is 0 Å². The van der Waals surface area contributed by atoms with Gasteiger partial charge in [-0.15, -0.1) is 0 Å². The first-order valence-electron chi connectivity index (χ1n) is 9.87. The number of aliphatic hydroxyl groups is 1. The molecule has 0 unspecified atom stereocenters. The Morgan fingerprint density at radius 3 is 2.32 bits per heavy atom. The lowest BCUT2D eigenvalue weighted by atomic mass is 9.98. The Morgan fingerprint density at radius 2 is 1.68 bits per heavy atom. The molecule has 3 rings (SSSR count). The van der Waals surface area contributed by atoms with Gasteiger partial charge in [-0.3, -0.25) is 14.5 Å². The van der Waals surface area contributed by atoms with E-state index in [4.69, 9.17) is 0 Å². The number of hydrogen-bond donors (Lipinski definition) is 1. The van der Waals surface area contributed by atoms with E-state index < -0.39 is 0 Å². The second kappa shape index (κ2) is 9.13. The van der Waals surface area contributed by atoms with Crippen LogP contribution in [0.1, 0.15) is 40.5 Å². The number of aliphatic hydroxyl groups excluding tert-OH is 1. The second-order valence-electron chi connectivity index (χ2n) is 7.34. The standard InChI is InChI=1S/C23H28N2O3/c1-3-22(27)19-8-4-6-17(14-19)18-7-5-9-20(15-18)23(28)25-12-11-24(2)21(16-25)10-13-26/h4-9,14-15,21,26H,3,10-13,16H2,1-2H3/t21-/m0/s1. The number of ketones is 1. The van der Waals surface area contributed by atoms with E-state index in [2.05, 4.69) is 4.90 Å². The molecule has 148 valence electrons. The van der Waals surface area contributed by atoms with E-state index in [0.29, 0.717) is 37.1 Å². The number of piperazine rings is 1. The average Bonchev–Trinajstić information content (AvgIpc) is 2.74. The molecule has 5 heteroatoms. The predicted octanol–water partition coefficient (Wildman–Crippen LogP) is 3.08. The molecule has 0 spiro atoms. The van der Waals surface area contributed by atoms with Crippen molar-refractivity contribution in [1.82, 2.24) is 9.80 Å². The largest absolute Gasteiger partial charge is 0.396 e. The maximum absolute atomic E-state index is 13.1. The Bertz CT molecular complexity index is 849. The maximum Gasteiger partial charge on any atom is 0.253 e. The van der Waals surface area contributed by atoms with Gasteiger partial charge in [0.2, 0.25) is 0 Å². The van der Waals surface area contributed by atoms with Crippen LogP contribution in [-0.4, -0.2) is 65.9 Å². The summed E-state index contributed by atoms with van der Waals surface area (Å²) in [6.07, 6.45) is 1.14. The highest BCUT2D eigenvalue weighted by atomic mass is 16.3. The van der Waals surface area contributed by atoms with E-state index in [9.17, 15) is 14.7 Å². The lowest BCUT2D eigenvalue weighted by Crippen LogP contribution is -2.53. The van der Waals surface area contributed by atoms with Crippen molar-refractivity contribution in [1.29, 1.82) is 0 Å². The Kier molecular flexibility index (Phi) is 6.60. The van der Waals surface area contributed by atoms with E-state index in [1.165, 1.54) is 0 Å². The summed E-state index contributed by atoms with van der Waals surface area (Å²) in [4.78, 5) is 29.1. The first kappa shape index (κ1) is 20.2. The van der Waals surface area contributed by atoms with Crippen LogP contribution in [-0.2, 0) is 0 Å². The molecule has 1 saturated heterocycles. The minimum atomic E-state index is 0.0127. The number of likely N-dealkylation sites (N-methyl/N-ethyl adjacent to an activating group) is 1. The summed E-state index contributed by atoms with van der Waals surface area (Å²) in [6.45, 7) is 4.09. The van der Waals surface area contributed by atoms with Crippen LogP contribution < -0.4 is 0 Å². The maximum atomic E-state index is 13.1. The van der Waals surface area contributed by atoms with Gasteiger partial charge in [-0.05, 0) is 42.8 Å². The molecule has 1 N–H and O–H groups in total. The minimum Gasteiger partial charge on any atom is -0.396 e. The number of nitrogens with zero attached hydrogens (tertiary/aromatic N) is 2. The van der Waals surface area contributed by atoms with E-state index in [-0.39, 0.29) is 24.3 Å². The fraction of sp³-hybridized carbons (Fsp3) is 0.391.